The molecule has 0 fully saturated rings. The van der Waals surface area contributed by atoms with Gasteiger partial charge in [-0.15, -0.1) is 0 Å². The number of rotatable bonds is 2. The van der Waals surface area contributed by atoms with Crippen LogP contribution in [0.15, 0.2) is 88.9 Å². The Morgan fingerprint density at radius 3 is 1.57 bits per heavy atom. The summed E-state index contributed by atoms with van der Waals surface area (Å²) in [4.78, 5) is 25.0. The van der Waals surface area contributed by atoms with Crippen LogP contribution in [-0.4, -0.2) is 0 Å². The molecule has 4 nitrogen and oxygen atoms in total. The molecule has 0 aliphatic heterocycles. The minimum Gasteiger partial charge on any atom is -0.423 e. The third kappa shape index (κ3) is 2.55. The smallest absolute Gasteiger partial charge is 0.337 e. The van der Waals surface area contributed by atoms with Gasteiger partial charge in [-0.05, 0) is 12.1 Å². The first-order chi connectivity index (χ1) is 11.2. The Balaban J connectivity index is 1.95. The molecule has 0 aliphatic carbocycles. The Morgan fingerprint density at radius 2 is 1.09 bits per heavy atom. The quantitative estimate of drug-likeness (QED) is 0.521. The minimum absolute atomic E-state index is 0.418. The molecule has 23 heavy (non-hydrogen) atoms. The number of benzene rings is 2. The number of hydrogen-bond donors (Lipinski definition) is 0. The van der Waals surface area contributed by atoms with Crippen LogP contribution in [0.2, 0.25) is 0 Å². The van der Waals surface area contributed by atoms with Crippen molar-refractivity contribution in [3.8, 4) is 0 Å². The summed E-state index contributed by atoms with van der Waals surface area (Å²) in [5.41, 5.74) is 0.210. The van der Waals surface area contributed by atoms with Crippen LogP contribution in [0.4, 0.5) is 0 Å². The molecule has 0 saturated heterocycles. The van der Waals surface area contributed by atoms with Gasteiger partial charge in [-0.3, -0.25) is 0 Å². The lowest BCUT2D eigenvalue weighted by molar-refractivity contribution is 0.557. The molecule has 5 heteroatoms. The van der Waals surface area contributed by atoms with Crippen molar-refractivity contribution in [2.45, 2.75) is 9.79 Å². The summed E-state index contributed by atoms with van der Waals surface area (Å²) in [5, 5.41) is 1.66. The molecule has 0 N–H and O–H groups in total. The second-order valence-electron chi connectivity index (χ2n) is 4.95. The van der Waals surface area contributed by atoms with Crippen molar-refractivity contribution < 1.29 is 8.83 Å². The lowest BCUT2D eigenvalue weighted by Crippen LogP contribution is -1.99. The Bertz CT molecular complexity index is 1050. The maximum Gasteiger partial charge on any atom is 0.337 e. The summed E-state index contributed by atoms with van der Waals surface area (Å²) < 4.78 is 10.4. The molecule has 0 spiro atoms. The van der Waals surface area contributed by atoms with E-state index in [0.29, 0.717) is 11.2 Å². The zero-order valence-electron chi connectivity index (χ0n) is 11.8. The molecule has 0 unspecified atom stereocenters. The second-order valence-corrected chi connectivity index (χ2v) is 6.04. The van der Waals surface area contributed by atoms with Crippen LogP contribution >= 0.6 is 11.8 Å². The first kappa shape index (κ1) is 13.8. The molecule has 2 aromatic carbocycles. The normalized spacial score (nSPS) is 11.1. The van der Waals surface area contributed by atoms with E-state index in [9.17, 15) is 9.59 Å². The molecule has 4 aromatic rings. The topological polar surface area (TPSA) is 60.4 Å². The standard InChI is InChI=1S/C18H10O4S/c19-17-9-15(11-5-1-3-7-13(11)21-17)23-16-10-18(20)22-14-8-4-2-6-12(14)16/h1-10H. The van der Waals surface area contributed by atoms with Crippen LogP contribution in [0.25, 0.3) is 21.9 Å². The van der Waals surface area contributed by atoms with E-state index in [4.69, 9.17) is 8.83 Å². The average Bonchev–Trinajstić information content (AvgIpc) is 2.54. The minimum atomic E-state index is -0.418. The fraction of sp³-hybridized carbons (Fsp3) is 0. The molecular formula is C18H10O4S. The summed E-state index contributed by atoms with van der Waals surface area (Å²) in [6, 6.07) is 17.5. The molecule has 0 amide bonds. The van der Waals surface area contributed by atoms with Gasteiger partial charge in [0.1, 0.15) is 11.2 Å². The monoisotopic (exact) mass is 322 g/mol. The summed E-state index contributed by atoms with van der Waals surface area (Å²) >= 11 is 1.35. The van der Waals surface area contributed by atoms with Crippen molar-refractivity contribution in [1.82, 2.24) is 0 Å². The number of hydrogen-bond acceptors (Lipinski definition) is 5. The highest BCUT2D eigenvalue weighted by Gasteiger charge is 2.11. The maximum atomic E-state index is 11.8. The van der Waals surface area contributed by atoms with Crippen molar-refractivity contribution in [1.29, 1.82) is 0 Å². The Hall–Kier alpha value is -2.79. The van der Waals surface area contributed by atoms with E-state index in [0.717, 1.165) is 20.6 Å². The third-order valence-electron chi connectivity index (χ3n) is 3.44. The van der Waals surface area contributed by atoms with Gasteiger partial charge >= 0.3 is 11.3 Å². The molecule has 112 valence electrons. The van der Waals surface area contributed by atoms with Crippen molar-refractivity contribution in [2.75, 3.05) is 0 Å². The largest absolute Gasteiger partial charge is 0.423 e. The van der Waals surface area contributed by atoms with Crippen molar-refractivity contribution >= 4 is 33.7 Å². The van der Waals surface area contributed by atoms with Gasteiger partial charge in [-0.25, -0.2) is 9.59 Å². The van der Waals surface area contributed by atoms with E-state index in [-0.39, 0.29) is 0 Å². The van der Waals surface area contributed by atoms with Crippen LogP contribution in [-0.2, 0) is 0 Å². The fourth-order valence-corrected chi connectivity index (χ4v) is 3.56. The van der Waals surface area contributed by atoms with Gasteiger partial charge in [0.2, 0.25) is 0 Å². The van der Waals surface area contributed by atoms with Gasteiger partial charge in [0, 0.05) is 32.7 Å². The highest BCUT2D eigenvalue weighted by atomic mass is 32.2. The van der Waals surface area contributed by atoms with E-state index in [1.165, 1.54) is 23.9 Å². The van der Waals surface area contributed by atoms with E-state index in [2.05, 4.69) is 0 Å². The van der Waals surface area contributed by atoms with Crippen molar-refractivity contribution in [2.24, 2.45) is 0 Å². The van der Waals surface area contributed by atoms with Gasteiger partial charge in [0.15, 0.2) is 0 Å². The highest BCUT2D eigenvalue weighted by Crippen LogP contribution is 2.35. The zero-order valence-corrected chi connectivity index (χ0v) is 12.6. The van der Waals surface area contributed by atoms with E-state index >= 15 is 0 Å². The van der Waals surface area contributed by atoms with E-state index < -0.39 is 11.3 Å². The highest BCUT2D eigenvalue weighted by molar-refractivity contribution is 7.99. The lowest BCUT2D eigenvalue weighted by atomic mass is 10.2. The maximum absolute atomic E-state index is 11.8. The van der Waals surface area contributed by atoms with E-state index in [1.807, 2.05) is 36.4 Å². The predicted octanol–water partition coefficient (Wildman–Crippen LogP) is 4.05. The van der Waals surface area contributed by atoms with Crippen molar-refractivity contribution in [3.63, 3.8) is 0 Å². The van der Waals surface area contributed by atoms with Crippen molar-refractivity contribution in [3.05, 3.63) is 81.5 Å². The molecule has 2 heterocycles. The molecular weight excluding hydrogens is 312 g/mol. The Kier molecular flexibility index (Phi) is 3.28. The van der Waals surface area contributed by atoms with Crippen LogP contribution in [0.1, 0.15) is 0 Å². The first-order valence-corrected chi connectivity index (χ1v) is 7.76. The predicted molar refractivity (Wildman–Crippen MR) is 89.1 cm³/mol. The molecule has 0 saturated carbocycles. The van der Waals surface area contributed by atoms with E-state index in [1.54, 1.807) is 12.1 Å². The molecule has 4 rings (SSSR count). The third-order valence-corrected chi connectivity index (χ3v) is 4.56. The van der Waals surface area contributed by atoms with Crippen LogP contribution in [0.3, 0.4) is 0 Å². The molecule has 0 atom stereocenters. The first-order valence-electron chi connectivity index (χ1n) is 6.94. The molecule has 0 aliphatic rings. The number of fused-ring (bicyclic) bond motifs is 2. The zero-order chi connectivity index (χ0) is 15.8. The Morgan fingerprint density at radius 1 is 0.652 bits per heavy atom. The van der Waals surface area contributed by atoms with Gasteiger partial charge in [0.25, 0.3) is 0 Å². The number of para-hydroxylation sites is 2. The molecule has 2 aromatic heterocycles. The van der Waals surface area contributed by atoms with Crippen LogP contribution in [0.5, 0.6) is 0 Å². The SMILES string of the molecule is O=c1cc(Sc2cc(=O)oc3ccccc23)c2ccccc2o1. The fourth-order valence-electron chi connectivity index (χ4n) is 2.45. The summed E-state index contributed by atoms with van der Waals surface area (Å²) in [5.74, 6) is 0. The molecule has 0 radical (unpaired) electrons. The van der Waals surface area contributed by atoms with Crippen LogP contribution in [0, 0.1) is 0 Å². The van der Waals surface area contributed by atoms with Gasteiger partial charge in [-0.2, -0.15) is 0 Å². The summed E-state index contributed by atoms with van der Waals surface area (Å²) in [7, 11) is 0. The van der Waals surface area contributed by atoms with Gasteiger partial charge in [-0.1, -0.05) is 48.2 Å². The molecule has 0 bridgehead atoms. The lowest BCUT2D eigenvalue weighted by Gasteiger charge is -2.07. The van der Waals surface area contributed by atoms with Crippen LogP contribution < -0.4 is 11.3 Å². The second kappa shape index (κ2) is 5.44. The summed E-state index contributed by atoms with van der Waals surface area (Å²) in [6.07, 6.45) is 0. The summed E-state index contributed by atoms with van der Waals surface area (Å²) in [6.45, 7) is 0. The van der Waals surface area contributed by atoms with Gasteiger partial charge in [0.05, 0.1) is 0 Å². The average molecular weight is 322 g/mol. The Labute approximate surface area is 134 Å². The van der Waals surface area contributed by atoms with Gasteiger partial charge < -0.3 is 8.83 Å².